The summed E-state index contributed by atoms with van der Waals surface area (Å²) in [6.45, 7) is 6.82. The van der Waals surface area contributed by atoms with Crippen LogP contribution in [-0.4, -0.2) is 20.0 Å². The second kappa shape index (κ2) is 9.22. The van der Waals surface area contributed by atoms with Crippen LogP contribution in [0, 0.1) is 13.8 Å². The molecule has 0 unspecified atom stereocenters. The number of carbonyl (C=O) groups excluding carboxylic acids is 1. The van der Waals surface area contributed by atoms with Crippen LogP contribution in [0.25, 0.3) is 16.7 Å². The lowest BCUT2D eigenvalue weighted by molar-refractivity contribution is -0.121. The van der Waals surface area contributed by atoms with Crippen LogP contribution < -0.4 is 10.9 Å². The van der Waals surface area contributed by atoms with E-state index in [0.717, 1.165) is 28.9 Å². The summed E-state index contributed by atoms with van der Waals surface area (Å²) >= 11 is 0. The van der Waals surface area contributed by atoms with Gasteiger partial charge in [0.05, 0.1) is 11.7 Å². The Bertz CT molecular complexity index is 1300. The van der Waals surface area contributed by atoms with E-state index in [4.69, 9.17) is 0 Å². The van der Waals surface area contributed by atoms with Crippen LogP contribution in [0.5, 0.6) is 0 Å². The Morgan fingerprint density at radius 3 is 2.38 bits per heavy atom. The number of fused-ring (bicyclic) bond motifs is 1. The fourth-order valence-corrected chi connectivity index (χ4v) is 3.94. The van der Waals surface area contributed by atoms with Crippen LogP contribution in [0.2, 0.25) is 0 Å². The fraction of sp³-hybridized carbons (Fsp3) is 0.269. The maximum atomic E-state index is 13.2. The lowest BCUT2D eigenvalue weighted by Crippen LogP contribution is -2.27. The van der Waals surface area contributed by atoms with Crippen molar-refractivity contribution in [3.8, 4) is 5.69 Å². The first-order chi connectivity index (χ1) is 15.5. The summed E-state index contributed by atoms with van der Waals surface area (Å²) < 4.78 is 3.53. The SMILES string of the molecule is CCc1ccc(CNC(=O)CCn2cnc3c(c(C)c(C)n3-c3ccccc3)c2=O)cc1. The molecule has 6 nitrogen and oxygen atoms in total. The molecule has 0 radical (unpaired) electrons. The second-order valence-electron chi connectivity index (χ2n) is 8.02. The Morgan fingerprint density at radius 2 is 1.69 bits per heavy atom. The van der Waals surface area contributed by atoms with Gasteiger partial charge in [0.15, 0.2) is 5.65 Å². The van der Waals surface area contributed by atoms with Crippen LogP contribution in [0.1, 0.15) is 35.7 Å². The Labute approximate surface area is 187 Å². The summed E-state index contributed by atoms with van der Waals surface area (Å²) in [5.74, 6) is -0.0914. The molecule has 0 fully saturated rings. The molecule has 0 atom stereocenters. The standard InChI is InChI=1S/C26H28N4O2/c1-4-20-10-12-21(13-11-20)16-27-23(31)14-15-29-17-28-25-24(26(29)32)18(2)19(3)30(25)22-8-6-5-7-9-22/h5-13,17H,4,14-16H2,1-3H3,(H,27,31). The molecule has 0 bridgehead atoms. The van der Waals surface area contributed by atoms with Gasteiger partial charge in [-0.1, -0.05) is 49.4 Å². The maximum Gasteiger partial charge on any atom is 0.263 e. The van der Waals surface area contributed by atoms with Gasteiger partial charge in [-0.05, 0) is 49.1 Å². The van der Waals surface area contributed by atoms with Gasteiger partial charge < -0.3 is 5.32 Å². The molecule has 0 aliphatic rings. The molecule has 0 aliphatic carbocycles. The molecular weight excluding hydrogens is 400 g/mol. The third-order valence-corrected chi connectivity index (χ3v) is 6.00. The van der Waals surface area contributed by atoms with Gasteiger partial charge in [-0.3, -0.25) is 18.7 Å². The number of aryl methyl sites for hydroxylation is 3. The van der Waals surface area contributed by atoms with Crippen LogP contribution >= 0.6 is 0 Å². The van der Waals surface area contributed by atoms with E-state index in [0.29, 0.717) is 17.6 Å². The number of benzene rings is 2. The van der Waals surface area contributed by atoms with Crippen LogP contribution in [0.15, 0.2) is 65.7 Å². The lowest BCUT2D eigenvalue weighted by atomic mass is 10.1. The van der Waals surface area contributed by atoms with Crippen molar-refractivity contribution in [1.29, 1.82) is 0 Å². The summed E-state index contributed by atoms with van der Waals surface area (Å²) in [6, 6.07) is 18.1. The van der Waals surface area contributed by atoms with E-state index in [1.165, 1.54) is 10.1 Å². The average Bonchev–Trinajstić information content (AvgIpc) is 3.08. The van der Waals surface area contributed by atoms with Gasteiger partial charge in [0.25, 0.3) is 5.56 Å². The summed E-state index contributed by atoms with van der Waals surface area (Å²) in [4.78, 5) is 30.1. The van der Waals surface area contributed by atoms with Crippen molar-refractivity contribution in [2.24, 2.45) is 0 Å². The topological polar surface area (TPSA) is 68.9 Å². The van der Waals surface area contributed by atoms with Crippen LogP contribution in [0.4, 0.5) is 0 Å². The molecule has 2 aromatic heterocycles. The number of hydrogen-bond donors (Lipinski definition) is 1. The normalized spacial score (nSPS) is 11.1. The Kier molecular flexibility index (Phi) is 6.21. The first-order valence-corrected chi connectivity index (χ1v) is 11.0. The summed E-state index contributed by atoms with van der Waals surface area (Å²) in [7, 11) is 0. The molecule has 4 rings (SSSR count). The average molecular weight is 429 g/mol. The Morgan fingerprint density at radius 1 is 1.00 bits per heavy atom. The van der Waals surface area contributed by atoms with Crippen molar-refractivity contribution >= 4 is 16.9 Å². The quantitative estimate of drug-likeness (QED) is 0.482. The molecule has 0 spiro atoms. The van der Waals surface area contributed by atoms with Gasteiger partial charge in [-0.25, -0.2) is 4.98 Å². The van der Waals surface area contributed by atoms with Gasteiger partial charge in [0, 0.05) is 30.9 Å². The van der Waals surface area contributed by atoms with Gasteiger partial charge in [0.1, 0.15) is 0 Å². The van der Waals surface area contributed by atoms with Crippen molar-refractivity contribution in [2.75, 3.05) is 0 Å². The number of para-hydroxylation sites is 1. The van der Waals surface area contributed by atoms with E-state index in [1.54, 1.807) is 6.33 Å². The first kappa shape index (κ1) is 21.6. The van der Waals surface area contributed by atoms with Gasteiger partial charge in [0.2, 0.25) is 5.91 Å². The van der Waals surface area contributed by atoms with E-state index in [9.17, 15) is 9.59 Å². The molecule has 2 aromatic carbocycles. The zero-order valence-electron chi connectivity index (χ0n) is 18.8. The van der Waals surface area contributed by atoms with Gasteiger partial charge in [-0.2, -0.15) is 0 Å². The molecule has 6 heteroatoms. The van der Waals surface area contributed by atoms with E-state index < -0.39 is 0 Å². The number of hydrogen-bond acceptors (Lipinski definition) is 3. The van der Waals surface area contributed by atoms with E-state index in [2.05, 4.69) is 29.4 Å². The highest BCUT2D eigenvalue weighted by Gasteiger charge is 2.18. The second-order valence-corrected chi connectivity index (χ2v) is 8.02. The van der Waals surface area contributed by atoms with Crippen molar-refractivity contribution < 1.29 is 4.79 Å². The fourth-order valence-electron chi connectivity index (χ4n) is 3.94. The van der Waals surface area contributed by atoms with Crippen molar-refractivity contribution in [2.45, 2.75) is 46.7 Å². The molecule has 4 aromatic rings. The summed E-state index contributed by atoms with van der Waals surface area (Å²) in [5.41, 5.74) is 5.73. The molecule has 0 saturated carbocycles. The molecule has 2 heterocycles. The molecule has 1 N–H and O–H groups in total. The lowest BCUT2D eigenvalue weighted by Gasteiger charge is -2.09. The van der Waals surface area contributed by atoms with Crippen molar-refractivity contribution in [1.82, 2.24) is 19.4 Å². The third-order valence-electron chi connectivity index (χ3n) is 6.00. The number of carbonyl (C=O) groups is 1. The highest BCUT2D eigenvalue weighted by molar-refractivity contribution is 5.83. The van der Waals surface area contributed by atoms with E-state index in [-0.39, 0.29) is 24.4 Å². The van der Waals surface area contributed by atoms with Crippen molar-refractivity contribution in [3.05, 3.63) is 93.7 Å². The minimum atomic E-state index is -0.117. The molecule has 164 valence electrons. The predicted octanol–water partition coefficient (Wildman–Crippen LogP) is 4.07. The van der Waals surface area contributed by atoms with Gasteiger partial charge in [-0.15, -0.1) is 0 Å². The molecule has 1 amide bonds. The van der Waals surface area contributed by atoms with Crippen LogP contribution in [0.3, 0.4) is 0 Å². The highest BCUT2D eigenvalue weighted by atomic mass is 16.1. The highest BCUT2D eigenvalue weighted by Crippen LogP contribution is 2.24. The number of aromatic nitrogens is 3. The number of rotatable bonds is 7. The third kappa shape index (κ3) is 4.21. The minimum Gasteiger partial charge on any atom is -0.352 e. The predicted molar refractivity (Wildman–Crippen MR) is 127 cm³/mol. The zero-order chi connectivity index (χ0) is 22.7. The minimum absolute atomic E-state index is 0.0914. The number of nitrogens with one attached hydrogen (secondary N) is 1. The van der Waals surface area contributed by atoms with Crippen molar-refractivity contribution in [3.63, 3.8) is 0 Å². The van der Waals surface area contributed by atoms with Crippen LogP contribution in [-0.2, 0) is 24.3 Å². The number of amides is 1. The zero-order valence-corrected chi connectivity index (χ0v) is 18.8. The monoisotopic (exact) mass is 428 g/mol. The van der Waals surface area contributed by atoms with E-state index in [1.807, 2.05) is 60.9 Å². The maximum absolute atomic E-state index is 13.2. The van der Waals surface area contributed by atoms with E-state index >= 15 is 0 Å². The summed E-state index contributed by atoms with van der Waals surface area (Å²) in [6.07, 6.45) is 2.75. The molecule has 0 aliphatic heterocycles. The number of nitrogens with zero attached hydrogens (tertiary/aromatic N) is 3. The van der Waals surface area contributed by atoms with Gasteiger partial charge >= 0.3 is 0 Å². The molecular formula is C26H28N4O2. The Hall–Kier alpha value is -3.67. The Balaban J connectivity index is 1.49. The largest absolute Gasteiger partial charge is 0.352 e. The molecule has 32 heavy (non-hydrogen) atoms. The smallest absolute Gasteiger partial charge is 0.263 e. The first-order valence-electron chi connectivity index (χ1n) is 11.0. The molecule has 0 saturated heterocycles. The summed E-state index contributed by atoms with van der Waals surface area (Å²) in [5, 5.41) is 3.53.